The van der Waals surface area contributed by atoms with Crippen LogP contribution in [0.15, 0.2) is 53.5 Å². The smallest absolute Gasteiger partial charge is 0.157 e. The van der Waals surface area contributed by atoms with Crippen LogP contribution in [0.1, 0.15) is 43.2 Å². The number of imidazole rings is 1. The summed E-state index contributed by atoms with van der Waals surface area (Å²) in [6, 6.07) is 16.0. The molecular weight excluding hydrogens is 392 g/mol. The highest BCUT2D eigenvalue weighted by Gasteiger charge is 2.11. The molecule has 0 unspecified atom stereocenters. The minimum Gasteiger partial charge on any atom is -0.337 e. The van der Waals surface area contributed by atoms with E-state index in [2.05, 4.69) is 42.9 Å². The monoisotopic (exact) mass is 416 g/mol. The van der Waals surface area contributed by atoms with Crippen LogP contribution in [0.25, 0.3) is 22.6 Å². The number of benzene rings is 2. The quantitative estimate of drug-likeness (QED) is 0.361. The van der Waals surface area contributed by atoms with Crippen LogP contribution in [-0.2, 0) is 12.8 Å². The number of fused-ring (bicyclic) bond motifs is 1. The summed E-state index contributed by atoms with van der Waals surface area (Å²) in [5.41, 5.74) is 9.19. The van der Waals surface area contributed by atoms with Gasteiger partial charge in [-0.15, -0.1) is 0 Å². The highest BCUT2D eigenvalue weighted by Crippen LogP contribution is 2.29. The number of nitrogens with zero attached hydrogens (tertiary/aromatic N) is 3. The molecule has 4 nitrogen and oxygen atoms in total. The van der Waals surface area contributed by atoms with Gasteiger partial charge in [-0.1, -0.05) is 49.2 Å². The summed E-state index contributed by atoms with van der Waals surface area (Å²) in [6.07, 6.45) is 1.91. The second-order valence-electron chi connectivity index (χ2n) is 7.49. The summed E-state index contributed by atoms with van der Waals surface area (Å²) in [4.78, 5) is 17.8. The molecule has 2 aromatic heterocycles. The Morgan fingerprint density at radius 3 is 2.43 bits per heavy atom. The molecule has 4 rings (SSSR count). The third-order valence-electron chi connectivity index (χ3n) is 5.26. The van der Waals surface area contributed by atoms with Crippen LogP contribution >= 0.6 is 11.6 Å². The number of aliphatic imine (C=N–C) groups is 1. The Morgan fingerprint density at radius 1 is 1.00 bits per heavy atom. The number of hydrogen-bond acceptors (Lipinski definition) is 3. The maximum absolute atomic E-state index is 6.10. The van der Waals surface area contributed by atoms with Crippen LogP contribution in [-0.4, -0.2) is 20.7 Å². The number of H-pyrrole nitrogens is 1. The number of hydrogen-bond donors (Lipinski definition) is 1. The van der Waals surface area contributed by atoms with Crippen molar-refractivity contribution in [1.29, 1.82) is 0 Å². The molecule has 152 valence electrons. The van der Waals surface area contributed by atoms with Crippen LogP contribution in [0, 0.1) is 6.92 Å². The van der Waals surface area contributed by atoms with Gasteiger partial charge >= 0.3 is 0 Å². The van der Waals surface area contributed by atoms with Crippen LogP contribution < -0.4 is 0 Å². The zero-order valence-electron chi connectivity index (χ0n) is 17.8. The summed E-state index contributed by atoms with van der Waals surface area (Å²) in [5.74, 6) is 0.723. The predicted molar refractivity (Wildman–Crippen MR) is 126 cm³/mol. The second kappa shape index (κ2) is 8.41. The SMILES string of the molecule is CCc1cc(C)cc(CC)c1N=C(C)c1cccc(-c2nc3ccc(Cl)cc3[nH]2)n1. The van der Waals surface area contributed by atoms with E-state index in [-0.39, 0.29) is 0 Å². The number of aryl methyl sites for hydroxylation is 3. The minimum absolute atomic E-state index is 0.680. The van der Waals surface area contributed by atoms with E-state index >= 15 is 0 Å². The zero-order chi connectivity index (χ0) is 21.3. The minimum atomic E-state index is 0.680. The molecule has 0 aliphatic rings. The van der Waals surface area contributed by atoms with Gasteiger partial charge in [-0.2, -0.15) is 0 Å². The molecule has 0 radical (unpaired) electrons. The van der Waals surface area contributed by atoms with Crippen molar-refractivity contribution in [3.8, 4) is 11.5 Å². The van der Waals surface area contributed by atoms with E-state index in [1.165, 1.54) is 16.7 Å². The van der Waals surface area contributed by atoms with E-state index in [4.69, 9.17) is 21.6 Å². The van der Waals surface area contributed by atoms with E-state index in [1.54, 1.807) is 0 Å². The first kappa shape index (κ1) is 20.3. The van der Waals surface area contributed by atoms with Gasteiger partial charge in [0.1, 0.15) is 5.69 Å². The Balaban J connectivity index is 1.75. The molecule has 2 heterocycles. The molecule has 30 heavy (non-hydrogen) atoms. The summed E-state index contributed by atoms with van der Waals surface area (Å²) < 4.78 is 0. The van der Waals surface area contributed by atoms with Crippen molar-refractivity contribution in [2.24, 2.45) is 4.99 Å². The lowest BCUT2D eigenvalue weighted by atomic mass is 10.00. The van der Waals surface area contributed by atoms with Crippen molar-refractivity contribution in [3.63, 3.8) is 0 Å². The van der Waals surface area contributed by atoms with Gasteiger partial charge in [-0.05, 0) is 68.1 Å². The molecule has 0 amide bonds. The van der Waals surface area contributed by atoms with E-state index in [0.29, 0.717) is 5.02 Å². The van der Waals surface area contributed by atoms with E-state index in [1.807, 2.05) is 43.3 Å². The fourth-order valence-electron chi connectivity index (χ4n) is 3.71. The molecule has 5 heteroatoms. The number of pyridine rings is 1. The Bertz CT molecular complexity index is 1230. The van der Waals surface area contributed by atoms with Crippen molar-refractivity contribution in [2.75, 3.05) is 0 Å². The molecule has 0 bridgehead atoms. The fraction of sp³-hybridized carbons (Fsp3) is 0.240. The topological polar surface area (TPSA) is 53.9 Å². The fourth-order valence-corrected chi connectivity index (χ4v) is 3.89. The first-order valence-electron chi connectivity index (χ1n) is 10.3. The van der Waals surface area contributed by atoms with Crippen LogP contribution in [0.5, 0.6) is 0 Å². The summed E-state index contributed by atoms with van der Waals surface area (Å²) in [6.45, 7) is 8.51. The molecular formula is C25H25ClN4. The molecule has 2 aromatic carbocycles. The molecule has 0 saturated carbocycles. The van der Waals surface area contributed by atoms with E-state index in [0.717, 1.165) is 52.5 Å². The average Bonchev–Trinajstić information content (AvgIpc) is 3.17. The average molecular weight is 417 g/mol. The first-order valence-corrected chi connectivity index (χ1v) is 10.7. The Kier molecular flexibility index (Phi) is 5.69. The number of aromatic nitrogens is 3. The molecule has 0 aliphatic heterocycles. The summed E-state index contributed by atoms with van der Waals surface area (Å²) in [5, 5.41) is 0.680. The number of halogens is 1. The van der Waals surface area contributed by atoms with Crippen molar-refractivity contribution in [3.05, 3.63) is 75.9 Å². The van der Waals surface area contributed by atoms with Gasteiger partial charge in [0.15, 0.2) is 5.82 Å². The predicted octanol–water partition coefficient (Wildman–Crippen LogP) is 6.85. The summed E-state index contributed by atoms with van der Waals surface area (Å²) in [7, 11) is 0. The standard InChI is InChI=1S/C25H25ClN4/c1-5-17-12-15(3)13-18(6-2)24(17)27-16(4)20-8-7-9-22(28-20)25-29-21-11-10-19(26)14-23(21)30-25/h7-14H,5-6H2,1-4H3,(H,29,30). The maximum atomic E-state index is 6.10. The van der Waals surface area contributed by atoms with Crippen molar-refractivity contribution in [1.82, 2.24) is 15.0 Å². The zero-order valence-corrected chi connectivity index (χ0v) is 18.5. The third-order valence-corrected chi connectivity index (χ3v) is 5.49. The van der Waals surface area contributed by atoms with E-state index < -0.39 is 0 Å². The third kappa shape index (κ3) is 4.01. The van der Waals surface area contributed by atoms with Gasteiger partial charge in [0, 0.05) is 5.02 Å². The van der Waals surface area contributed by atoms with Gasteiger partial charge in [0.25, 0.3) is 0 Å². The Morgan fingerprint density at radius 2 is 1.73 bits per heavy atom. The highest BCUT2D eigenvalue weighted by atomic mass is 35.5. The molecule has 0 aliphatic carbocycles. The lowest BCUT2D eigenvalue weighted by molar-refractivity contribution is 1.07. The largest absolute Gasteiger partial charge is 0.337 e. The molecule has 1 N–H and O–H groups in total. The molecule has 4 aromatic rings. The Hall–Kier alpha value is -2.98. The van der Waals surface area contributed by atoms with Gasteiger partial charge < -0.3 is 4.98 Å². The number of aromatic amines is 1. The first-order chi connectivity index (χ1) is 14.5. The Labute approximate surface area is 182 Å². The van der Waals surface area contributed by atoms with Gasteiger partial charge in [-0.3, -0.25) is 4.99 Å². The van der Waals surface area contributed by atoms with Gasteiger partial charge in [-0.25, -0.2) is 9.97 Å². The van der Waals surface area contributed by atoms with Crippen molar-refractivity contribution >= 4 is 34.0 Å². The maximum Gasteiger partial charge on any atom is 0.157 e. The van der Waals surface area contributed by atoms with Crippen LogP contribution in [0.3, 0.4) is 0 Å². The van der Waals surface area contributed by atoms with E-state index in [9.17, 15) is 0 Å². The molecule has 0 atom stereocenters. The normalized spacial score (nSPS) is 12.0. The summed E-state index contributed by atoms with van der Waals surface area (Å²) >= 11 is 6.10. The second-order valence-corrected chi connectivity index (χ2v) is 7.93. The van der Waals surface area contributed by atoms with Gasteiger partial charge in [0.05, 0.1) is 28.1 Å². The van der Waals surface area contributed by atoms with Crippen molar-refractivity contribution in [2.45, 2.75) is 40.5 Å². The molecule has 0 saturated heterocycles. The number of nitrogens with one attached hydrogen (secondary N) is 1. The molecule has 0 fully saturated rings. The molecule has 0 spiro atoms. The lowest BCUT2D eigenvalue weighted by Gasteiger charge is -2.12. The van der Waals surface area contributed by atoms with Crippen LogP contribution in [0.2, 0.25) is 5.02 Å². The van der Waals surface area contributed by atoms with Crippen molar-refractivity contribution < 1.29 is 0 Å². The van der Waals surface area contributed by atoms with Gasteiger partial charge in [0.2, 0.25) is 0 Å². The van der Waals surface area contributed by atoms with Crippen LogP contribution in [0.4, 0.5) is 5.69 Å². The highest BCUT2D eigenvalue weighted by molar-refractivity contribution is 6.31. The lowest BCUT2D eigenvalue weighted by Crippen LogP contribution is -2.01. The number of rotatable bonds is 5.